The summed E-state index contributed by atoms with van der Waals surface area (Å²) >= 11 is 0. The molecule has 0 bridgehead atoms. The lowest BCUT2D eigenvalue weighted by molar-refractivity contribution is -0.134. The van der Waals surface area contributed by atoms with Crippen molar-refractivity contribution in [1.29, 1.82) is 0 Å². The fourth-order valence-corrected chi connectivity index (χ4v) is 3.46. The first kappa shape index (κ1) is 16.7. The molecule has 1 aliphatic heterocycles. The van der Waals surface area contributed by atoms with Crippen LogP contribution in [0.4, 0.5) is 0 Å². The van der Waals surface area contributed by atoms with Crippen molar-refractivity contribution in [2.45, 2.75) is 44.6 Å². The summed E-state index contributed by atoms with van der Waals surface area (Å²) in [7, 11) is 2.12. The average molecular weight is 296 g/mol. The van der Waals surface area contributed by atoms with Gasteiger partial charge < -0.3 is 15.5 Å². The molecule has 0 aromatic rings. The van der Waals surface area contributed by atoms with E-state index in [-0.39, 0.29) is 0 Å². The van der Waals surface area contributed by atoms with Crippen LogP contribution >= 0.6 is 0 Å². The highest BCUT2D eigenvalue weighted by Crippen LogP contribution is 2.22. The van der Waals surface area contributed by atoms with E-state index in [9.17, 15) is 4.79 Å². The molecule has 2 aliphatic rings. The third-order valence-corrected chi connectivity index (χ3v) is 4.93. The van der Waals surface area contributed by atoms with Crippen molar-refractivity contribution in [2.24, 2.45) is 5.73 Å². The molecule has 122 valence electrons. The number of likely N-dealkylation sites (N-methyl/N-ethyl adjacent to an activating group) is 1. The Morgan fingerprint density at radius 2 is 1.81 bits per heavy atom. The van der Waals surface area contributed by atoms with Crippen LogP contribution in [0.1, 0.15) is 38.5 Å². The Kier molecular flexibility index (Phi) is 6.93. The number of carbonyl (C=O) groups excluding carboxylic acids is 1. The van der Waals surface area contributed by atoms with Crippen molar-refractivity contribution in [2.75, 3.05) is 52.9 Å². The Morgan fingerprint density at radius 3 is 2.43 bits per heavy atom. The SMILES string of the molecule is CN1CCN(C(=O)CN(CCCN)C2CCCCC2)CC1. The molecule has 0 aromatic heterocycles. The third kappa shape index (κ3) is 5.24. The molecule has 2 N–H and O–H groups in total. The minimum Gasteiger partial charge on any atom is -0.339 e. The normalized spacial score (nSPS) is 22.0. The van der Waals surface area contributed by atoms with E-state index in [1.54, 1.807) is 0 Å². The van der Waals surface area contributed by atoms with Gasteiger partial charge in [-0.25, -0.2) is 0 Å². The fourth-order valence-electron chi connectivity index (χ4n) is 3.46. The van der Waals surface area contributed by atoms with Crippen molar-refractivity contribution < 1.29 is 4.79 Å². The van der Waals surface area contributed by atoms with Crippen LogP contribution in [0.3, 0.4) is 0 Å². The van der Waals surface area contributed by atoms with Crippen LogP contribution in [0.2, 0.25) is 0 Å². The number of piperazine rings is 1. The van der Waals surface area contributed by atoms with Crippen molar-refractivity contribution >= 4 is 5.91 Å². The Bertz CT molecular complexity index is 309. The molecule has 0 aromatic carbocycles. The maximum atomic E-state index is 12.6. The zero-order chi connectivity index (χ0) is 15.1. The van der Waals surface area contributed by atoms with Crippen LogP contribution < -0.4 is 5.73 Å². The van der Waals surface area contributed by atoms with Crippen LogP contribution in [0.25, 0.3) is 0 Å². The lowest BCUT2D eigenvalue weighted by Crippen LogP contribution is -2.51. The predicted octanol–water partition coefficient (Wildman–Crippen LogP) is 0.744. The minimum atomic E-state index is 0.311. The largest absolute Gasteiger partial charge is 0.339 e. The van der Waals surface area contributed by atoms with Gasteiger partial charge >= 0.3 is 0 Å². The molecule has 1 saturated carbocycles. The summed E-state index contributed by atoms with van der Waals surface area (Å²) in [4.78, 5) is 19.3. The molecule has 1 amide bonds. The maximum Gasteiger partial charge on any atom is 0.236 e. The third-order valence-electron chi connectivity index (χ3n) is 4.93. The van der Waals surface area contributed by atoms with Gasteiger partial charge in [0, 0.05) is 38.8 Å². The highest BCUT2D eigenvalue weighted by Gasteiger charge is 2.26. The second-order valence-corrected chi connectivity index (χ2v) is 6.59. The second-order valence-electron chi connectivity index (χ2n) is 6.59. The number of carbonyl (C=O) groups is 1. The minimum absolute atomic E-state index is 0.311. The van der Waals surface area contributed by atoms with E-state index in [0.717, 1.165) is 39.1 Å². The zero-order valence-corrected chi connectivity index (χ0v) is 13.6. The lowest BCUT2D eigenvalue weighted by atomic mass is 9.94. The topological polar surface area (TPSA) is 52.8 Å². The number of rotatable bonds is 6. The molecule has 21 heavy (non-hydrogen) atoms. The van der Waals surface area contributed by atoms with Gasteiger partial charge in [-0.15, -0.1) is 0 Å². The molecule has 1 aliphatic carbocycles. The molecule has 0 spiro atoms. The Labute approximate surface area is 129 Å². The molecular formula is C16H32N4O. The van der Waals surface area contributed by atoms with E-state index in [4.69, 9.17) is 5.73 Å². The standard InChI is InChI=1S/C16H32N4O/c1-18-10-12-19(13-11-18)16(21)14-20(9-5-8-17)15-6-3-2-4-7-15/h15H,2-14,17H2,1H3. The van der Waals surface area contributed by atoms with E-state index in [1.807, 2.05) is 4.90 Å². The quantitative estimate of drug-likeness (QED) is 0.786. The van der Waals surface area contributed by atoms with Crippen LogP contribution in [-0.4, -0.2) is 79.5 Å². The summed E-state index contributed by atoms with van der Waals surface area (Å²) in [6, 6.07) is 0.599. The van der Waals surface area contributed by atoms with Crippen molar-refractivity contribution in [1.82, 2.24) is 14.7 Å². The van der Waals surface area contributed by atoms with Crippen LogP contribution in [-0.2, 0) is 4.79 Å². The van der Waals surface area contributed by atoms with Crippen molar-refractivity contribution in [3.63, 3.8) is 0 Å². The smallest absolute Gasteiger partial charge is 0.236 e. The summed E-state index contributed by atoms with van der Waals surface area (Å²) in [5, 5.41) is 0. The first-order valence-electron chi connectivity index (χ1n) is 8.61. The molecule has 1 heterocycles. The maximum absolute atomic E-state index is 12.6. The summed E-state index contributed by atoms with van der Waals surface area (Å²) in [6.45, 7) is 6.03. The average Bonchev–Trinajstić information content (AvgIpc) is 2.52. The molecule has 5 nitrogen and oxygen atoms in total. The lowest BCUT2D eigenvalue weighted by Gasteiger charge is -2.37. The van der Waals surface area contributed by atoms with Gasteiger partial charge in [0.2, 0.25) is 5.91 Å². The molecule has 0 radical (unpaired) electrons. The van der Waals surface area contributed by atoms with Gasteiger partial charge in [0.1, 0.15) is 0 Å². The van der Waals surface area contributed by atoms with Gasteiger partial charge in [-0.05, 0) is 32.9 Å². The molecule has 2 fully saturated rings. The highest BCUT2D eigenvalue weighted by atomic mass is 16.2. The predicted molar refractivity (Wildman–Crippen MR) is 86.2 cm³/mol. The molecule has 2 rings (SSSR count). The number of amides is 1. The van der Waals surface area contributed by atoms with E-state index >= 15 is 0 Å². The number of nitrogens with zero attached hydrogens (tertiary/aromatic N) is 3. The van der Waals surface area contributed by atoms with Crippen molar-refractivity contribution in [3.8, 4) is 0 Å². The Hall–Kier alpha value is -0.650. The van der Waals surface area contributed by atoms with Gasteiger partial charge in [0.25, 0.3) is 0 Å². The van der Waals surface area contributed by atoms with Gasteiger partial charge in [-0.2, -0.15) is 0 Å². The zero-order valence-electron chi connectivity index (χ0n) is 13.6. The van der Waals surface area contributed by atoms with Crippen LogP contribution in [0, 0.1) is 0 Å². The van der Waals surface area contributed by atoms with Crippen LogP contribution in [0.5, 0.6) is 0 Å². The van der Waals surface area contributed by atoms with E-state index in [0.29, 0.717) is 25.0 Å². The van der Waals surface area contributed by atoms with Gasteiger partial charge in [-0.3, -0.25) is 9.69 Å². The molecule has 0 atom stereocenters. The summed E-state index contributed by atoms with van der Waals surface area (Å²) in [5.74, 6) is 0.311. The Morgan fingerprint density at radius 1 is 1.14 bits per heavy atom. The first-order chi connectivity index (χ1) is 10.2. The Balaban J connectivity index is 1.85. The van der Waals surface area contributed by atoms with Gasteiger partial charge in [-0.1, -0.05) is 19.3 Å². The highest BCUT2D eigenvalue weighted by molar-refractivity contribution is 5.78. The van der Waals surface area contributed by atoms with Crippen LogP contribution in [0.15, 0.2) is 0 Å². The number of nitrogens with two attached hydrogens (primary N) is 1. The molecule has 5 heteroatoms. The summed E-state index contributed by atoms with van der Waals surface area (Å²) in [5.41, 5.74) is 5.67. The molecule has 0 unspecified atom stereocenters. The van der Waals surface area contributed by atoms with E-state index in [1.165, 1.54) is 32.1 Å². The second kappa shape index (κ2) is 8.71. The summed E-state index contributed by atoms with van der Waals surface area (Å²) < 4.78 is 0. The molecule has 1 saturated heterocycles. The number of hydrogen-bond donors (Lipinski definition) is 1. The number of hydrogen-bond acceptors (Lipinski definition) is 4. The van der Waals surface area contributed by atoms with Gasteiger partial charge in [0.15, 0.2) is 0 Å². The summed E-state index contributed by atoms with van der Waals surface area (Å²) in [6.07, 6.45) is 7.47. The monoisotopic (exact) mass is 296 g/mol. The van der Waals surface area contributed by atoms with E-state index in [2.05, 4.69) is 16.8 Å². The molecular weight excluding hydrogens is 264 g/mol. The van der Waals surface area contributed by atoms with Gasteiger partial charge in [0.05, 0.1) is 6.54 Å². The van der Waals surface area contributed by atoms with E-state index < -0.39 is 0 Å². The first-order valence-corrected chi connectivity index (χ1v) is 8.61. The van der Waals surface area contributed by atoms with Crippen molar-refractivity contribution in [3.05, 3.63) is 0 Å². The fraction of sp³-hybridized carbons (Fsp3) is 0.938.